The Morgan fingerprint density at radius 3 is 2.27 bits per heavy atom. The van der Waals surface area contributed by atoms with E-state index in [1.165, 1.54) is 12.8 Å². The third-order valence-corrected chi connectivity index (χ3v) is 3.50. The van der Waals surface area contributed by atoms with Crippen LogP contribution in [0.15, 0.2) is 0 Å². The molecule has 0 spiro atoms. The maximum Gasteiger partial charge on any atom is 0.133 e. The molecule has 2 N–H and O–H groups in total. The van der Waals surface area contributed by atoms with E-state index in [1.54, 1.807) is 6.92 Å². The summed E-state index contributed by atoms with van der Waals surface area (Å²) < 4.78 is 0. The molecule has 2 fully saturated rings. The second-order valence-corrected chi connectivity index (χ2v) is 4.02. The van der Waals surface area contributed by atoms with E-state index in [0.29, 0.717) is 29.6 Å². The number of fused-ring (bicyclic) bond motifs is 1. The summed E-state index contributed by atoms with van der Waals surface area (Å²) in [5.41, 5.74) is 5.90. The molecule has 0 aromatic heterocycles. The predicted molar refractivity (Wildman–Crippen MR) is 43.0 cm³/mol. The topological polar surface area (TPSA) is 43.1 Å². The zero-order valence-electron chi connectivity index (χ0n) is 6.92. The normalized spacial score (nSPS) is 48.2. The lowest BCUT2D eigenvalue weighted by Gasteiger charge is -2.34. The van der Waals surface area contributed by atoms with E-state index in [4.69, 9.17) is 5.73 Å². The Bertz CT molecular complexity index is 190. The van der Waals surface area contributed by atoms with Gasteiger partial charge in [-0.25, -0.2) is 0 Å². The number of carbonyl (C=O) groups excluding carboxylic acids is 1. The fraction of sp³-hybridized carbons (Fsp3) is 0.889. The van der Waals surface area contributed by atoms with Crippen LogP contribution in [0.4, 0.5) is 0 Å². The van der Waals surface area contributed by atoms with Crippen molar-refractivity contribution >= 4 is 5.78 Å². The number of ketones is 1. The standard InChI is InChI=1S/C9H15NO/c1-5(11)8-4-9(10)7-3-2-6(7)8/h6-9H,2-4,10H2,1H3/t6?,7-,8?,9?/m1/s1. The summed E-state index contributed by atoms with van der Waals surface area (Å²) in [6, 6.07) is 0.322. The average Bonchev–Trinajstić information content (AvgIpc) is 2.02. The largest absolute Gasteiger partial charge is 0.327 e. The van der Waals surface area contributed by atoms with Crippen molar-refractivity contribution in [1.29, 1.82) is 0 Å². The minimum atomic E-state index is 0.309. The summed E-state index contributed by atoms with van der Waals surface area (Å²) in [7, 11) is 0. The molecular weight excluding hydrogens is 138 g/mol. The lowest BCUT2D eigenvalue weighted by Crippen LogP contribution is -2.35. The second kappa shape index (κ2) is 2.31. The Labute approximate surface area is 67.1 Å². The van der Waals surface area contributed by atoms with Gasteiger partial charge in [-0.05, 0) is 38.0 Å². The van der Waals surface area contributed by atoms with Crippen molar-refractivity contribution in [2.75, 3.05) is 0 Å². The van der Waals surface area contributed by atoms with Crippen LogP contribution < -0.4 is 5.73 Å². The van der Waals surface area contributed by atoms with Gasteiger partial charge in [-0.2, -0.15) is 0 Å². The second-order valence-electron chi connectivity index (χ2n) is 4.02. The molecule has 0 saturated heterocycles. The molecule has 2 nitrogen and oxygen atoms in total. The molecule has 0 radical (unpaired) electrons. The van der Waals surface area contributed by atoms with Gasteiger partial charge in [0.25, 0.3) is 0 Å². The van der Waals surface area contributed by atoms with Gasteiger partial charge >= 0.3 is 0 Å². The Morgan fingerprint density at radius 2 is 2.00 bits per heavy atom. The molecule has 0 bridgehead atoms. The molecule has 2 aliphatic rings. The van der Waals surface area contributed by atoms with Gasteiger partial charge in [-0.15, -0.1) is 0 Å². The molecule has 2 aliphatic carbocycles. The van der Waals surface area contributed by atoms with Crippen LogP contribution in [0.1, 0.15) is 26.2 Å². The van der Waals surface area contributed by atoms with Gasteiger partial charge in [-0.3, -0.25) is 4.79 Å². The van der Waals surface area contributed by atoms with E-state index >= 15 is 0 Å². The van der Waals surface area contributed by atoms with Crippen molar-refractivity contribution in [1.82, 2.24) is 0 Å². The summed E-state index contributed by atoms with van der Waals surface area (Å²) in [5.74, 6) is 2.00. The van der Waals surface area contributed by atoms with Gasteiger partial charge in [0.2, 0.25) is 0 Å². The Kier molecular flexibility index (Phi) is 1.53. The lowest BCUT2D eigenvalue weighted by atomic mass is 9.71. The molecule has 4 atom stereocenters. The fourth-order valence-corrected chi connectivity index (χ4v) is 2.69. The van der Waals surface area contributed by atoms with E-state index in [9.17, 15) is 4.79 Å². The number of rotatable bonds is 1. The van der Waals surface area contributed by atoms with Gasteiger partial charge in [0.1, 0.15) is 5.78 Å². The number of Topliss-reactive ketones (excluding diaryl/α,β-unsaturated/α-hetero) is 1. The quantitative estimate of drug-likeness (QED) is 0.609. The number of hydrogen-bond acceptors (Lipinski definition) is 2. The summed E-state index contributed by atoms with van der Waals surface area (Å²) in [4.78, 5) is 11.1. The molecule has 62 valence electrons. The van der Waals surface area contributed by atoms with Crippen molar-refractivity contribution in [3.63, 3.8) is 0 Å². The van der Waals surface area contributed by atoms with Gasteiger partial charge in [-0.1, -0.05) is 0 Å². The molecular formula is C9H15NO. The van der Waals surface area contributed by atoms with Crippen LogP contribution in [0.25, 0.3) is 0 Å². The molecule has 2 heteroatoms. The molecule has 2 saturated carbocycles. The Balaban J connectivity index is 2.10. The van der Waals surface area contributed by atoms with Crippen LogP contribution in [0.2, 0.25) is 0 Å². The smallest absolute Gasteiger partial charge is 0.133 e. The Morgan fingerprint density at radius 1 is 1.36 bits per heavy atom. The molecule has 0 aromatic carbocycles. The molecule has 0 amide bonds. The average molecular weight is 153 g/mol. The van der Waals surface area contributed by atoms with Crippen LogP contribution in [-0.4, -0.2) is 11.8 Å². The van der Waals surface area contributed by atoms with Crippen LogP contribution in [0, 0.1) is 17.8 Å². The molecule has 0 heterocycles. The molecule has 0 aromatic rings. The highest BCUT2D eigenvalue weighted by atomic mass is 16.1. The summed E-state index contributed by atoms with van der Waals surface area (Å²) >= 11 is 0. The highest BCUT2D eigenvalue weighted by molar-refractivity contribution is 5.79. The SMILES string of the molecule is CC(=O)C1CC(N)[C@@H]2CCC12. The van der Waals surface area contributed by atoms with E-state index in [1.807, 2.05) is 0 Å². The van der Waals surface area contributed by atoms with Crippen molar-refractivity contribution in [3.05, 3.63) is 0 Å². The molecule has 3 unspecified atom stereocenters. The van der Waals surface area contributed by atoms with Gasteiger partial charge in [0, 0.05) is 12.0 Å². The molecule has 2 rings (SSSR count). The predicted octanol–water partition coefficient (Wildman–Crippen LogP) is 0.949. The highest BCUT2D eigenvalue weighted by Crippen LogP contribution is 2.49. The summed E-state index contributed by atoms with van der Waals surface area (Å²) in [5, 5.41) is 0. The first-order valence-corrected chi connectivity index (χ1v) is 4.46. The third kappa shape index (κ3) is 0.924. The van der Waals surface area contributed by atoms with Crippen molar-refractivity contribution in [2.24, 2.45) is 23.5 Å². The van der Waals surface area contributed by atoms with E-state index < -0.39 is 0 Å². The number of carbonyl (C=O) groups is 1. The van der Waals surface area contributed by atoms with Crippen molar-refractivity contribution in [3.8, 4) is 0 Å². The Hall–Kier alpha value is -0.370. The lowest BCUT2D eigenvalue weighted by molar-refractivity contribution is -0.122. The van der Waals surface area contributed by atoms with Gasteiger partial charge < -0.3 is 5.73 Å². The molecule has 0 aliphatic heterocycles. The monoisotopic (exact) mass is 153 g/mol. The first-order chi connectivity index (χ1) is 5.20. The van der Waals surface area contributed by atoms with Crippen LogP contribution in [0.3, 0.4) is 0 Å². The zero-order valence-corrected chi connectivity index (χ0v) is 6.92. The minimum Gasteiger partial charge on any atom is -0.327 e. The van der Waals surface area contributed by atoms with E-state index in [2.05, 4.69) is 0 Å². The van der Waals surface area contributed by atoms with Gasteiger partial charge in [0.05, 0.1) is 0 Å². The first kappa shape index (κ1) is 7.29. The van der Waals surface area contributed by atoms with Gasteiger partial charge in [0.15, 0.2) is 0 Å². The van der Waals surface area contributed by atoms with E-state index in [-0.39, 0.29) is 0 Å². The minimum absolute atomic E-state index is 0.309. The first-order valence-electron chi connectivity index (χ1n) is 4.46. The van der Waals surface area contributed by atoms with Crippen LogP contribution in [0.5, 0.6) is 0 Å². The number of nitrogens with two attached hydrogens (primary N) is 1. The number of hydrogen-bond donors (Lipinski definition) is 1. The zero-order chi connectivity index (χ0) is 8.01. The highest BCUT2D eigenvalue weighted by Gasteiger charge is 2.48. The fourth-order valence-electron chi connectivity index (χ4n) is 2.69. The van der Waals surface area contributed by atoms with Crippen molar-refractivity contribution in [2.45, 2.75) is 32.2 Å². The summed E-state index contributed by atoms with van der Waals surface area (Å²) in [6.45, 7) is 1.71. The van der Waals surface area contributed by atoms with Crippen molar-refractivity contribution < 1.29 is 4.79 Å². The maximum atomic E-state index is 11.1. The molecule has 11 heavy (non-hydrogen) atoms. The van der Waals surface area contributed by atoms with E-state index in [0.717, 1.165) is 6.42 Å². The third-order valence-electron chi connectivity index (χ3n) is 3.50. The van der Waals surface area contributed by atoms with Crippen LogP contribution >= 0.6 is 0 Å². The van der Waals surface area contributed by atoms with Crippen LogP contribution in [-0.2, 0) is 4.79 Å². The maximum absolute atomic E-state index is 11.1. The summed E-state index contributed by atoms with van der Waals surface area (Å²) in [6.07, 6.45) is 3.45.